The largest absolute Gasteiger partial charge is 0.488 e. The van der Waals surface area contributed by atoms with Gasteiger partial charge in [0, 0.05) is 6.04 Å². The van der Waals surface area contributed by atoms with Gasteiger partial charge in [-0.1, -0.05) is 0 Å². The minimum Gasteiger partial charge on any atom is -0.488 e. The lowest BCUT2D eigenvalue weighted by Crippen LogP contribution is -2.07. The van der Waals surface area contributed by atoms with Gasteiger partial charge in [0.1, 0.15) is 0 Å². The molecule has 0 radical (unpaired) electrons. The summed E-state index contributed by atoms with van der Waals surface area (Å²) in [6.45, 7) is 5.87. The van der Waals surface area contributed by atoms with Crippen molar-refractivity contribution in [2.24, 2.45) is 5.73 Å². The second-order valence-electron chi connectivity index (χ2n) is 4.52. The van der Waals surface area contributed by atoms with Gasteiger partial charge < -0.3 is 10.5 Å². The summed E-state index contributed by atoms with van der Waals surface area (Å²) in [5.41, 5.74) is 7.51. The third-order valence-corrected chi connectivity index (χ3v) is 2.43. The Morgan fingerprint density at radius 2 is 2.00 bits per heavy atom. The maximum Gasteiger partial charge on any atom is 0.158 e. The van der Waals surface area contributed by atoms with Gasteiger partial charge in [0.05, 0.1) is 36.1 Å². The Hall–Kier alpha value is -1.88. The van der Waals surface area contributed by atoms with Crippen LogP contribution < -0.4 is 10.5 Å². The minimum absolute atomic E-state index is 0.0588. The highest BCUT2D eigenvalue weighted by molar-refractivity contribution is 5.31. The van der Waals surface area contributed by atoms with Crippen LogP contribution in [-0.2, 0) is 0 Å². The van der Waals surface area contributed by atoms with Crippen LogP contribution in [0.3, 0.4) is 0 Å². The van der Waals surface area contributed by atoms with Crippen molar-refractivity contribution in [3.63, 3.8) is 0 Å². The fraction of sp³-hybridized carbons (Fsp3) is 0.385. The predicted octanol–water partition coefficient (Wildman–Crippen LogP) is 2.07. The van der Waals surface area contributed by atoms with Gasteiger partial charge in [0.25, 0.3) is 0 Å². The van der Waals surface area contributed by atoms with Crippen molar-refractivity contribution >= 4 is 0 Å². The number of aromatic nitrogens is 3. The summed E-state index contributed by atoms with van der Waals surface area (Å²) in [4.78, 5) is 4.30. The van der Waals surface area contributed by atoms with Crippen LogP contribution in [0.25, 0.3) is 5.69 Å². The van der Waals surface area contributed by atoms with Crippen molar-refractivity contribution in [2.75, 3.05) is 0 Å². The Balaban J connectivity index is 2.18. The van der Waals surface area contributed by atoms with E-state index in [1.807, 2.05) is 39.1 Å². The van der Waals surface area contributed by atoms with Gasteiger partial charge in [-0.2, -0.15) is 5.10 Å². The molecule has 0 aliphatic rings. The second kappa shape index (κ2) is 5.18. The molecule has 2 heterocycles. The number of hydrogen-bond donors (Lipinski definition) is 1. The topological polar surface area (TPSA) is 66.0 Å². The highest BCUT2D eigenvalue weighted by atomic mass is 16.5. The molecule has 2 rings (SSSR count). The first-order chi connectivity index (χ1) is 8.56. The maximum atomic E-state index is 5.76. The maximum absolute atomic E-state index is 5.76. The normalized spacial score (nSPS) is 12.7. The van der Waals surface area contributed by atoms with Gasteiger partial charge in [-0.3, -0.25) is 4.98 Å². The molecule has 5 nitrogen and oxygen atoms in total. The van der Waals surface area contributed by atoms with Crippen molar-refractivity contribution in [3.8, 4) is 11.4 Å². The molecule has 2 N–H and O–H groups in total. The quantitative estimate of drug-likeness (QED) is 0.896. The van der Waals surface area contributed by atoms with E-state index in [1.165, 1.54) is 0 Å². The van der Waals surface area contributed by atoms with E-state index in [9.17, 15) is 0 Å². The van der Waals surface area contributed by atoms with Crippen molar-refractivity contribution in [1.29, 1.82) is 0 Å². The van der Waals surface area contributed by atoms with Crippen LogP contribution in [-0.4, -0.2) is 20.9 Å². The molecule has 0 bridgehead atoms. The van der Waals surface area contributed by atoms with Gasteiger partial charge in [-0.15, -0.1) is 0 Å². The number of rotatable bonds is 4. The zero-order valence-electron chi connectivity index (χ0n) is 10.9. The summed E-state index contributed by atoms with van der Waals surface area (Å²) < 4.78 is 7.29. The van der Waals surface area contributed by atoms with Crippen LogP contribution >= 0.6 is 0 Å². The van der Waals surface area contributed by atoms with Gasteiger partial charge in [-0.05, 0) is 32.9 Å². The summed E-state index contributed by atoms with van der Waals surface area (Å²) >= 11 is 0. The molecule has 0 aliphatic heterocycles. The predicted molar refractivity (Wildman–Crippen MR) is 69.7 cm³/mol. The van der Waals surface area contributed by atoms with E-state index in [-0.39, 0.29) is 12.1 Å². The standard InChI is InChI=1S/C13H18N4O/c1-9(2)18-12-7-16-17(8-12)11-4-5-13(10(3)14)15-6-11/h4-10H,14H2,1-3H3/t10-/m1/s1. The van der Waals surface area contributed by atoms with Crippen LogP contribution in [0.2, 0.25) is 0 Å². The summed E-state index contributed by atoms with van der Waals surface area (Å²) in [7, 11) is 0. The van der Waals surface area contributed by atoms with E-state index < -0.39 is 0 Å². The molecule has 0 saturated carbocycles. The Morgan fingerprint density at radius 3 is 2.56 bits per heavy atom. The Kier molecular flexibility index (Phi) is 3.62. The lowest BCUT2D eigenvalue weighted by molar-refractivity contribution is 0.242. The van der Waals surface area contributed by atoms with Crippen molar-refractivity contribution < 1.29 is 4.74 Å². The first-order valence-electron chi connectivity index (χ1n) is 5.99. The van der Waals surface area contributed by atoms with Crippen molar-refractivity contribution in [2.45, 2.75) is 32.9 Å². The van der Waals surface area contributed by atoms with Crippen molar-refractivity contribution in [3.05, 3.63) is 36.4 Å². The zero-order valence-corrected chi connectivity index (χ0v) is 10.9. The first-order valence-corrected chi connectivity index (χ1v) is 5.99. The molecule has 18 heavy (non-hydrogen) atoms. The molecule has 0 unspecified atom stereocenters. The number of ether oxygens (including phenoxy) is 1. The van der Waals surface area contributed by atoms with Gasteiger partial charge in [-0.25, -0.2) is 4.68 Å². The number of nitrogens with two attached hydrogens (primary N) is 1. The Labute approximate surface area is 107 Å². The summed E-state index contributed by atoms with van der Waals surface area (Å²) in [6.07, 6.45) is 5.42. The van der Waals surface area contributed by atoms with Crippen LogP contribution in [0, 0.1) is 0 Å². The van der Waals surface area contributed by atoms with Gasteiger partial charge in [0.15, 0.2) is 5.75 Å². The Morgan fingerprint density at radius 1 is 1.22 bits per heavy atom. The third kappa shape index (κ3) is 2.87. The van der Waals surface area contributed by atoms with Crippen molar-refractivity contribution in [1.82, 2.24) is 14.8 Å². The molecule has 1 atom stereocenters. The molecule has 0 amide bonds. The fourth-order valence-electron chi connectivity index (χ4n) is 1.58. The van der Waals surface area contributed by atoms with Crippen LogP contribution in [0.4, 0.5) is 0 Å². The summed E-state index contributed by atoms with van der Waals surface area (Å²) in [6, 6.07) is 3.79. The van der Waals surface area contributed by atoms with E-state index >= 15 is 0 Å². The Bertz CT molecular complexity index is 502. The van der Waals surface area contributed by atoms with E-state index in [1.54, 1.807) is 17.1 Å². The first kappa shape index (κ1) is 12.6. The van der Waals surface area contributed by atoms with E-state index in [4.69, 9.17) is 10.5 Å². The second-order valence-corrected chi connectivity index (χ2v) is 4.52. The number of hydrogen-bond acceptors (Lipinski definition) is 4. The number of nitrogens with zero attached hydrogens (tertiary/aromatic N) is 3. The SMILES string of the molecule is CC(C)Oc1cnn(-c2ccc([C@@H](C)N)nc2)c1. The third-order valence-electron chi connectivity index (χ3n) is 2.43. The van der Waals surface area contributed by atoms with E-state index in [2.05, 4.69) is 10.1 Å². The molecule has 0 fully saturated rings. The molecule has 0 aliphatic carbocycles. The summed E-state index contributed by atoms with van der Waals surface area (Å²) in [5.74, 6) is 0.751. The molecule has 0 spiro atoms. The monoisotopic (exact) mass is 246 g/mol. The fourth-order valence-corrected chi connectivity index (χ4v) is 1.58. The van der Waals surface area contributed by atoms with Gasteiger partial charge >= 0.3 is 0 Å². The van der Waals surface area contributed by atoms with E-state index in [0.29, 0.717) is 0 Å². The molecule has 0 aromatic carbocycles. The minimum atomic E-state index is -0.0588. The average Bonchev–Trinajstić information content (AvgIpc) is 2.76. The molecule has 2 aromatic heterocycles. The number of pyridine rings is 1. The zero-order chi connectivity index (χ0) is 13.1. The average molecular weight is 246 g/mol. The molecular weight excluding hydrogens is 228 g/mol. The molecule has 2 aromatic rings. The molecule has 96 valence electrons. The highest BCUT2D eigenvalue weighted by Crippen LogP contribution is 2.15. The molecule has 0 saturated heterocycles. The lowest BCUT2D eigenvalue weighted by atomic mass is 10.2. The van der Waals surface area contributed by atoms with Gasteiger partial charge in [0.2, 0.25) is 0 Å². The highest BCUT2D eigenvalue weighted by Gasteiger charge is 2.05. The van der Waals surface area contributed by atoms with Crippen LogP contribution in [0.15, 0.2) is 30.7 Å². The molecule has 5 heteroatoms. The molecular formula is C13H18N4O. The van der Waals surface area contributed by atoms with E-state index in [0.717, 1.165) is 17.1 Å². The van der Waals surface area contributed by atoms with Crippen LogP contribution in [0.5, 0.6) is 5.75 Å². The van der Waals surface area contributed by atoms with Crippen LogP contribution in [0.1, 0.15) is 32.5 Å². The smallest absolute Gasteiger partial charge is 0.158 e. The lowest BCUT2D eigenvalue weighted by Gasteiger charge is -2.06. The summed E-state index contributed by atoms with van der Waals surface area (Å²) in [5, 5.41) is 4.23.